The summed E-state index contributed by atoms with van der Waals surface area (Å²) in [7, 11) is 0. The molecule has 6 nitrogen and oxygen atoms in total. The molecule has 0 unspecified atom stereocenters. The first-order chi connectivity index (χ1) is 13.0. The highest BCUT2D eigenvalue weighted by Crippen LogP contribution is 2.36. The van der Waals surface area contributed by atoms with E-state index < -0.39 is 0 Å². The van der Waals surface area contributed by atoms with Crippen LogP contribution in [-0.4, -0.2) is 36.4 Å². The fraction of sp³-hybridized carbons (Fsp3) is 0.300. The number of amides is 2. The normalized spacial score (nSPS) is 13.0. The van der Waals surface area contributed by atoms with Gasteiger partial charge in [0.15, 0.2) is 6.61 Å². The van der Waals surface area contributed by atoms with Crippen LogP contribution < -0.4 is 15.4 Å². The molecule has 2 N–H and O–H groups in total. The summed E-state index contributed by atoms with van der Waals surface area (Å²) >= 11 is 6.23. The van der Waals surface area contributed by atoms with Crippen molar-refractivity contribution >= 4 is 34.8 Å². The number of benzene rings is 2. The molecule has 0 atom stereocenters. The smallest absolute Gasteiger partial charge is 0.262 e. The molecule has 2 aromatic carbocycles. The van der Waals surface area contributed by atoms with E-state index in [0.29, 0.717) is 27.7 Å². The van der Waals surface area contributed by atoms with Crippen LogP contribution in [0.3, 0.4) is 0 Å². The number of anilines is 2. The summed E-state index contributed by atoms with van der Waals surface area (Å²) in [4.78, 5) is 26.2. The summed E-state index contributed by atoms with van der Waals surface area (Å²) in [5.41, 5.74) is 2.63. The zero-order valence-electron chi connectivity index (χ0n) is 15.3. The van der Waals surface area contributed by atoms with E-state index in [0.717, 1.165) is 25.2 Å². The molecule has 0 aromatic heterocycles. The van der Waals surface area contributed by atoms with Crippen molar-refractivity contribution in [1.29, 1.82) is 0 Å². The molecule has 142 valence electrons. The van der Waals surface area contributed by atoms with E-state index in [4.69, 9.17) is 16.3 Å². The molecule has 3 rings (SSSR count). The van der Waals surface area contributed by atoms with Crippen LogP contribution in [0.5, 0.6) is 5.75 Å². The first kappa shape index (κ1) is 19.2. The van der Waals surface area contributed by atoms with Gasteiger partial charge in [-0.1, -0.05) is 37.6 Å². The Morgan fingerprint density at radius 2 is 1.93 bits per heavy atom. The predicted octanol–water partition coefficient (Wildman–Crippen LogP) is 3.77. The minimum absolute atomic E-state index is 0.0595. The molecule has 0 radical (unpaired) electrons. The molecule has 1 heterocycles. The topological polar surface area (TPSA) is 70.7 Å². The van der Waals surface area contributed by atoms with Gasteiger partial charge < -0.3 is 15.4 Å². The molecule has 0 bridgehead atoms. The van der Waals surface area contributed by atoms with Gasteiger partial charge in [0.1, 0.15) is 5.75 Å². The zero-order chi connectivity index (χ0) is 19.4. The minimum atomic E-state index is -0.258. The van der Waals surface area contributed by atoms with Gasteiger partial charge in [-0.15, -0.1) is 0 Å². The zero-order valence-corrected chi connectivity index (χ0v) is 16.1. The summed E-state index contributed by atoms with van der Waals surface area (Å²) in [6.45, 7) is 7.02. The maximum absolute atomic E-state index is 12.5. The minimum Gasteiger partial charge on any atom is -0.482 e. The number of rotatable bonds is 6. The Labute approximate surface area is 163 Å². The van der Waals surface area contributed by atoms with Crippen LogP contribution in [0.4, 0.5) is 11.4 Å². The number of halogens is 1. The van der Waals surface area contributed by atoms with Crippen molar-refractivity contribution < 1.29 is 14.3 Å². The van der Waals surface area contributed by atoms with Crippen molar-refractivity contribution in [1.82, 2.24) is 4.90 Å². The van der Waals surface area contributed by atoms with Crippen LogP contribution in [0.25, 0.3) is 0 Å². The van der Waals surface area contributed by atoms with Crippen LogP contribution in [0.2, 0.25) is 5.02 Å². The highest BCUT2D eigenvalue weighted by molar-refractivity contribution is 6.34. The molecule has 2 aromatic rings. The molecule has 7 heteroatoms. The second kappa shape index (κ2) is 8.41. The van der Waals surface area contributed by atoms with Crippen molar-refractivity contribution in [3.63, 3.8) is 0 Å². The Bertz CT molecular complexity index is 848. The number of carbonyl (C=O) groups is 2. The Balaban J connectivity index is 1.71. The van der Waals surface area contributed by atoms with Gasteiger partial charge in [-0.2, -0.15) is 0 Å². The Morgan fingerprint density at radius 1 is 1.22 bits per heavy atom. The molecule has 0 saturated heterocycles. The quantitative estimate of drug-likeness (QED) is 0.791. The van der Waals surface area contributed by atoms with Gasteiger partial charge >= 0.3 is 0 Å². The lowest BCUT2D eigenvalue weighted by atomic mass is 10.1. The average Bonchev–Trinajstić information content (AvgIpc) is 2.67. The number of fused-ring (bicyclic) bond motifs is 1. The van der Waals surface area contributed by atoms with E-state index in [1.165, 1.54) is 0 Å². The van der Waals surface area contributed by atoms with Crippen LogP contribution in [-0.2, 0) is 11.3 Å². The molecule has 1 aliphatic rings. The second-order valence-electron chi connectivity index (χ2n) is 6.28. The van der Waals surface area contributed by atoms with Gasteiger partial charge in [0, 0.05) is 18.2 Å². The fourth-order valence-electron chi connectivity index (χ4n) is 2.86. The standard InChI is InChI=1S/C20H22ClN3O3/c1-3-24(4-2)11-13-5-7-14(8-6-13)20(26)23-16-10-18-17(9-15(16)21)22-19(25)12-27-18/h5-10H,3-4,11-12H2,1-2H3,(H,22,25)(H,23,26). The monoisotopic (exact) mass is 387 g/mol. The largest absolute Gasteiger partial charge is 0.482 e. The fourth-order valence-corrected chi connectivity index (χ4v) is 3.07. The number of nitrogens with one attached hydrogen (secondary N) is 2. The molecule has 27 heavy (non-hydrogen) atoms. The molecule has 1 aliphatic heterocycles. The summed E-state index contributed by atoms with van der Waals surface area (Å²) in [5.74, 6) is -0.0184. The summed E-state index contributed by atoms with van der Waals surface area (Å²) < 4.78 is 5.37. The van der Waals surface area contributed by atoms with Gasteiger partial charge in [0.05, 0.1) is 16.4 Å². The predicted molar refractivity (Wildman–Crippen MR) is 107 cm³/mol. The molecule has 0 fully saturated rings. The van der Waals surface area contributed by atoms with E-state index >= 15 is 0 Å². The number of ether oxygens (including phenoxy) is 1. The Hall–Kier alpha value is -2.57. The number of hydrogen-bond donors (Lipinski definition) is 2. The van der Waals surface area contributed by atoms with Gasteiger partial charge in [0.2, 0.25) is 0 Å². The maximum atomic E-state index is 12.5. The molecular formula is C20H22ClN3O3. The molecule has 0 saturated carbocycles. The van der Waals surface area contributed by atoms with Crippen LogP contribution in [0.1, 0.15) is 29.8 Å². The van der Waals surface area contributed by atoms with E-state index in [1.54, 1.807) is 24.3 Å². The first-order valence-corrected chi connectivity index (χ1v) is 9.26. The van der Waals surface area contributed by atoms with Crippen LogP contribution in [0.15, 0.2) is 36.4 Å². The average molecular weight is 388 g/mol. The third-order valence-electron chi connectivity index (χ3n) is 4.47. The van der Waals surface area contributed by atoms with Crippen molar-refractivity contribution in [3.05, 3.63) is 52.5 Å². The lowest BCUT2D eigenvalue weighted by molar-refractivity contribution is -0.118. The van der Waals surface area contributed by atoms with E-state index in [9.17, 15) is 9.59 Å². The summed E-state index contributed by atoms with van der Waals surface area (Å²) in [6.07, 6.45) is 0. The lowest BCUT2D eigenvalue weighted by Gasteiger charge is -2.20. The molecule has 2 amide bonds. The maximum Gasteiger partial charge on any atom is 0.262 e. The van der Waals surface area contributed by atoms with E-state index in [1.807, 2.05) is 12.1 Å². The molecule has 0 aliphatic carbocycles. The Morgan fingerprint density at radius 3 is 2.59 bits per heavy atom. The van der Waals surface area contributed by atoms with Crippen molar-refractivity contribution in [3.8, 4) is 5.75 Å². The van der Waals surface area contributed by atoms with Crippen LogP contribution >= 0.6 is 11.6 Å². The van der Waals surface area contributed by atoms with Crippen molar-refractivity contribution in [2.24, 2.45) is 0 Å². The second-order valence-corrected chi connectivity index (χ2v) is 6.68. The Kier molecular flexibility index (Phi) is 5.98. The number of carbonyl (C=O) groups excluding carboxylic acids is 2. The lowest BCUT2D eigenvalue weighted by Crippen LogP contribution is -2.25. The molecule has 0 spiro atoms. The third-order valence-corrected chi connectivity index (χ3v) is 4.78. The third kappa shape index (κ3) is 4.59. The SMILES string of the molecule is CCN(CC)Cc1ccc(C(=O)Nc2cc3c(cc2Cl)NC(=O)CO3)cc1. The van der Waals surface area contributed by atoms with E-state index in [2.05, 4.69) is 29.4 Å². The van der Waals surface area contributed by atoms with Crippen molar-refractivity contribution in [2.75, 3.05) is 30.3 Å². The van der Waals surface area contributed by atoms with Gasteiger partial charge in [-0.05, 0) is 36.9 Å². The van der Waals surface area contributed by atoms with Gasteiger partial charge in [-0.25, -0.2) is 0 Å². The summed E-state index contributed by atoms with van der Waals surface area (Å²) in [5, 5.41) is 5.80. The van der Waals surface area contributed by atoms with Gasteiger partial charge in [-0.3, -0.25) is 14.5 Å². The summed E-state index contributed by atoms with van der Waals surface area (Å²) in [6, 6.07) is 10.7. The highest BCUT2D eigenvalue weighted by atomic mass is 35.5. The first-order valence-electron chi connectivity index (χ1n) is 8.89. The number of nitrogens with zero attached hydrogens (tertiary/aromatic N) is 1. The highest BCUT2D eigenvalue weighted by Gasteiger charge is 2.19. The number of hydrogen-bond acceptors (Lipinski definition) is 4. The van der Waals surface area contributed by atoms with Crippen LogP contribution in [0, 0.1) is 0 Å². The van der Waals surface area contributed by atoms with E-state index in [-0.39, 0.29) is 18.4 Å². The molecular weight excluding hydrogens is 366 g/mol. The van der Waals surface area contributed by atoms with Crippen molar-refractivity contribution in [2.45, 2.75) is 20.4 Å². The van der Waals surface area contributed by atoms with Gasteiger partial charge in [0.25, 0.3) is 11.8 Å².